The maximum Gasteiger partial charge on any atom is 0.328 e. The normalized spacial score (nSPS) is 20.1. The van der Waals surface area contributed by atoms with Crippen LogP contribution in [0.2, 0.25) is 0 Å². The number of rotatable bonds is 4. The molecule has 1 fully saturated rings. The lowest BCUT2D eigenvalue weighted by Gasteiger charge is -2.37. The van der Waals surface area contributed by atoms with Crippen molar-refractivity contribution in [3.8, 4) is 0 Å². The minimum absolute atomic E-state index is 0.753. The average molecular weight is 293 g/mol. The van der Waals surface area contributed by atoms with Crippen LogP contribution in [0.1, 0.15) is 38.2 Å². The van der Waals surface area contributed by atoms with Crippen LogP contribution in [0.3, 0.4) is 0 Å². The van der Waals surface area contributed by atoms with E-state index < -0.39 is 11.5 Å². The summed E-state index contributed by atoms with van der Waals surface area (Å²) < 4.78 is 0. The Labute approximate surface area is 125 Å². The largest absolute Gasteiger partial charge is 0.480 e. The van der Waals surface area contributed by atoms with E-state index in [0.717, 1.165) is 36.4 Å². The van der Waals surface area contributed by atoms with E-state index in [4.69, 9.17) is 0 Å². The number of aliphatic carboxylic acids is 1. The van der Waals surface area contributed by atoms with Gasteiger partial charge in [-0.15, -0.1) is 11.8 Å². The smallest absolute Gasteiger partial charge is 0.328 e. The van der Waals surface area contributed by atoms with E-state index in [0.29, 0.717) is 0 Å². The van der Waals surface area contributed by atoms with Gasteiger partial charge in [-0.05, 0) is 56.8 Å². The molecule has 1 unspecified atom stereocenters. The topological polar surface area (TPSA) is 40.5 Å². The third kappa shape index (κ3) is 3.01. The molecule has 0 saturated carbocycles. The van der Waals surface area contributed by atoms with Gasteiger partial charge < -0.3 is 5.11 Å². The van der Waals surface area contributed by atoms with Gasteiger partial charge in [0.1, 0.15) is 5.54 Å². The Hall–Kier alpha value is -1.00. The predicted octanol–water partition coefficient (Wildman–Crippen LogP) is 3.58. The highest BCUT2D eigenvalue weighted by Crippen LogP contribution is 2.32. The van der Waals surface area contributed by atoms with Crippen molar-refractivity contribution in [1.82, 2.24) is 4.90 Å². The lowest BCUT2D eigenvalue weighted by Crippen LogP contribution is -2.50. The predicted molar refractivity (Wildman–Crippen MR) is 83.3 cm³/mol. The number of benzene rings is 1. The van der Waals surface area contributed by atoms with Gasteiger partial charge in [-0.1, -0.05) is 25.0 Å². The summed E-state index contributed by atoms with van der Waals surface area (Å²) >= 11 is 1.67. The van der Waals surface area contributed by atoms with Crippen LogP contribution in [0.5, 0.6) is 0 Å². The van der Waals surface area contributed by atoms with Gasteiger partial charge in [-0.25, -0.2) is 4.79 Å². The molecule has 1 heterocycles. The molecule has 1 aromatic rings. The second-order valence-electron chi connectivity index (χ2n) is 5.51. The summed E-state index contributed by atoms with van der Waals surface area (Å²) in [5, 5.41) is 9.81. The van der Waals surface area contributed by atoms with Gasteiger partial charge in [0.15, 0.2) is 0 Å². The standard InChI is InChI=1S/C16H23NO2S/c1-16(15(18)19,17-11-5-3-4-6-12-17)13-7-9-14(20-2)10-8-13/h7-10H,3-6,11-12H2,1-2H3,(H,18,19). The van der Waals surface area contributed by atoms with Crippen LogP contribution in [0.4, 0.5) is 0 Å². The summed E-state index contributed by atoms with van der Waals surface area (Å²) in [6.07, 6.45) is 6.62. The molecule has 0 bridgehead atoms. The first-order valence-corrected chi connectivity index (χ1v) is 8.44. The zero-order valence-corrected chi connectivity index (χ0v) is 13.1. The first-order valence-electron chi connectivity index (χ1n) is 7.22. The highest BCUT2D eigenvalue weighted by molar-refractivity contribution is 7.98. The maximum absolute atomic E-state index is 11.9. The minimum Gasteiger partial charge on any atom is -0.480 e. The molecule has 1 saturated heterocycles. The molecule has 110 valence electrons. The van der Waals surface area contributed by atoms with Crippen LogP contribution in [0.25, 0.3) is 0 Å². The molecule has 0 amide bonds. The third-order valence-electron chi connectivity index (χ3n) is 4.31. The van der Waals surface area contributed by atoms with Crippen molar-refractivity contribution < 1.29 is 9.90 Å². The SMILES string of the molecule is CSc1ccc(C(C)(C(=O)O)N2CCCCCC2)cc1. The number of hydrogen-bond donors (Lipinski definition) is 1. The van der Waals surface area contributed by atoms with Gasteiger partial charge in [0.2, 0.25) is 0 Å². The lowest BCUT2D eigenvalue weighted by atomic mass is 9.89. The van der Waals surface area contributed by atoms with Crippen molar-refractivity contribution in [3.63, 3.8) is 0 Å². The molecule has 3 nitrogen and oxygen atoms in total. The maximum atomic E-state index is 11.9. The van der Waals surface area contributed by atoms with Crippen molar-refractivity contribution in [2.75, 3.05) is 19.3 Å². The van der Waals surface area contributed by atoms with Gasteiger partial charge in [0.05, 0.1) is 0 Å². The van der Waals surface area contributed by atoms with E-state index in [1.807, 2.05) is 37.4 Å². The summed E-state index contributed by atoms with van der Waals surface area (Å²) in [5.74, 6) is -0.753. The van der Waals surface area contributed by atoms with Crippen molar-refractivity contribution in [2.24, 2.45) is 0 Å². The molecule has 0 aliphatic carbocycles. The van der Waals surface area contributed by atoms with Crippen molar-refractivity contribution in [3.05, 3.63) is 29.8 Å². The molecule has 4 heteroatoms. The van der Waals surface area contributed by atoms with Gasteiger partial charge in [-0.3, -0.25) is 4.90 Å². The van der Waals surface area contributed by atoms with E-state index in [1.165, 1.54) is 12.8 Å². The molecular weight excluding hydrogens is 270 g/mol. The molecule has 1 aromatic carbocycles. The molecule has 1 N–H and O–H groups in total. The number of hydrogen-bond acceptors (Lipinski definition) is 3. The molecule has 0 radical (unpaired) electrons. The quantitative estimate of drug-likeness (QED) is 0.861. The molecule has 1 atom stereocenters. The number of carboxylic acid groups (broad SMARTS) is 1. The highest BCUT2D eigenvalue weighted by Gasteiger charge is 2.41. The van der Waals surface area contributed by atoms with E-state index in [1.54, 1.807) is 11.8 Å². The fourth-order valence-corrected chi connectivity index (χ4v) is 3.28. The van der Waals surface area contributed by atoms with E-state index >= 15 is 0 Å². The van der Waals surface area contributed by atoms with Gasteiger partial charge in [0, 0.05) is 4.90 Å². The van der Waals surface area contributed by atoms with Gasteiger partial charge in [0.25, 0.3) is 0 Å². The zero-order valence-electron chi connectivity index (χ0n) is 12.3. The van der Waals surface area contributed by atoms with Crippen LogP contribution >= 0.6 is 11.8 Å². The van der Waals surface area contributed by atoms with Gasteiger partial charge in [-0.2, -0.15) is 0 Å². The number of carboxylic acids is 1. The van der Waals surface area contributed by atoms with Crippen molar-refractivity contribution in [1.29, 1.82) is 0 Å². The molecular formula is C16H23NO2S. The second kappa shape index (κ2) is 6.64. The van der Waals surface area contributed by atoms with E-state index in [-0.39, 0.29) is 0 Å². The number of carbonyl (C=O) groups is 1. The van der Waals surface area contributed by atoms with Crippen LogP contribution in [0.15, 0.2) is 29.2 Å². The fourth-order valence-electron chi connectivity index (χ4n) is 2.87. The molecule has 20 heavy (non-hydrogen) atoms. The monoisotopic (exact) mass is 293 g/mol. The first-order chi connectivity index (χ1) is 9.59. The Morgan fingerprint density at radius 3 is 2.15 bits per heavy atom. The Bertz CT molecular complexity index is 452. The highest BCUT2D eigenvalue weighted by atomic mass is 32.2. The molecule has 0 spiro atoms. The Morgan fingerprint density at radius 1 is 1.15 bits per heavy atom. The summed E-state index contributed by atoms with van der Waals surface area (Å²) in [5.41, 5.74) is -0.0360. The zero-order chi connectivity index (χ0) is 14.6. The number of likely N-dealkylation sites (tertiary alicyclic amines) is 1. The number of nitrogens with zero attached hydrogens (tertiary/aromatic N) is 1. The van der Waals surface area contributed by atoms with Crippen LogP contribution in [0, 0.1) is 0 Å². The van der Waals surface area contributed by atoms with Crippen LogP contribution in [-0.2, 0) is 10.3 Å². The average Bonchev–Trinajstić information content (AvgIpc) is 2.75. The summed E-state index contributed by atoms with van der Waals surface area (Å²) in [6, 6.07) is 7.95. The summed E-state index contributed by atoms with van der Waals surface area (Å²) in [7, 11) is 0. The molecule has 1 aliphatic heterocycles. The van der Waals surface area contributed by atoms with Crippen molar-refractivity contribution in [2.45, 2.75) is 43.0 Å². The van der Waals surface area contributed by atoms with Crippen molar-refractivity contribution >= 4 is 17.7 Å². The molecule has 2 rings (SSSR count). The third-order valence-corrected chi connectivity index (χ3v) is 5.05. The Balaban J connectivity index is 2.33. The van der Waals surface area contributed by atoms with Crippen LogP contribution < -0.4 is 0 Å². The van der Waals surface area contributed by atoms with Gasteiger partial charge >= 0.3 is 5.97 Å². The minimum atomic E-state index is -0.915. The van der Waals surface area contributed by atoms with E-state index in [9.17, 15) is 9.90 Å². The van der Waals surface area contributed by atoms with E-state index in [2.05, 4.69) is 4.90 Å². The first kappa shape index (κ1) is 15.4. The number of thioether (sulfide) groups is 1. The van der Waals surface area contributed by atoms with Crippen LogP contribution in [-0.4, -0.2) is 35.3 Å². The summed E-state index contributed by atoms with van der Waals surface area (Å²) in [4.78, 5) is 15.2. The second-order valence-corrected chi connectivity index (χ2v) is 6.39. The lowest BCUT2D eigenvalue weighted by molar-refractivity contribution is -0.151. The fraction of sp³-hybridized carbons (Fsp3) is 0.562. The summed E-state index contributed by atoms with van der Waals surface area (Å²) in [6.45, 7) is 3.58. The Morgan fingerprint density at radius 2 is 1.70 bits per heavy atom. The molecule has 0 aromatic heterocycles. The Kier molecular flexibility index (Phi) is 5.11. The molecule has 1 aliphatic rings.